The van der Waals surface area contributed by atoms with Crippen LogP contribution in [0.5, 0.6) is 0 Å². The molecule has 4 fully saturated rings. The van der Waals surface area contributed by atoms with Gasteiger partial charge in [-0.05, 0) is 73.8 Å². The number of carbonyl (C=O) groups is 1. The number of imidazole rings is 1. The van der Waals surface area contributed by atoms with Crippen molar-refractivity contribution in [2.75, 3.05) is 7.05 Å². The molecule has 0 aliphatic heterocycles. The number of carbonyl (C=O) groups excluding carboxylic acids is 1. The molecule has 0 saturated heterocycles. The minimum absolute atomic E-state index is 0.305. The number of fused-ring (bicyclic) bond motifs is 1. The first-order valence-corrected chi connectivity index (χ1v) is 10.2. The molecule has 0 unspecified atom stereocenters. The van der Waals surface area contributed by atoms with E-state index in [0.29, 0.717) is 17.9 Å². The van der Waals surface area contributed by atoms with Crippen molar-refractivity contribution in [1.82, 2.24) is 14.5 Å². The third kappa shape index (κ3) is 2.65. The van der Waals surface area contributed by atoms with Crippen LogP contribution in [0.1, 0.15) is 50.8 Å². The molecule has 1 aromatic carbocycles. The lowest BCUT2D eigenvalue weighted by molar-refractivity contribution is -0.138. The number of nitrogens with zero attached hydrogens (tertiary/aromatic N) is 3. The number of aromatic nitrogens is 2. The number of para-hydroxylation sites is 2. The van der Waals surface area contributed by atoms with Crippen LogP contribution in [0.25, 0.3) is 11.0 Å². The Balaban J connectivity index is 1.30. The highest BCUT2D eigenvalue weighted by Crippen LogP contribution is 2.61. The fraction of sp³-hybridized carbons (Fsp3) is 0.636. The van der Waals surface area contributed by atoms with Crippen LogP contribution in [0.15, 0.2) is 24.3 Å². The van der Waals surface area contributed by atoms with Gasteiger partial charge in [0, 0.05) is 20.5 Å². The molecule has 2 aromatic rings. The van der Waals surface area contributed by atoms with Crippen LogP contribution in [0.3, 0.4) is 0 Å². The summed E-state index contributed by atoms with van der Waals surface area (Å²) in [5, 5.41) is 0. The van der Waals surface area contributed by atoms with Gasteiger partial charge in [-0.3, -0.25) is 4.79 Å². The molecule has 1 heterocycles. The van der Waals surface area contributed by atoms with E-state index < -0.39 is 0 Å². The average molecular weight is 351 g/mol. The van der Waals surface area contributed by atoms with E-state index in [1.54, 1.807) is 0 Å². The third-order valence-electron chi connectivity index (χ3n) is 7.38. The van der Waals surface area contributed by atoms with E-state index in [1.807, 2.05) is 37.2 Å². The molecule has 4 bridgehead atoms. The zero-order valence-corrected chi connectivity index (χ0v) is 15.9. The fourth-order valence-corrected chi connectivity index (χ4v) is 6.60. The van der Waals surface area contributed by atoms with Gasteiger partial charge in [0.25, 0.3) is 0 Å². The quantitative estimate of drug-likeness (QED) is 0.830. The van der Waals surface area contributed by atoms with Crippen molar-refractivity contribution >= 4 is 16.9 Å². The number of hydrogen-bond acceptors (Lipinski definition) is 2. The maximum atomic E-state index is 13.0. The van der Waals surface area contributed by atoms with Crippen molar-refractivity contribution in [3.05, 3.63) is 30.1 Å². The molecular formula is C22H29N3O. The van der Waals surface area contributed by atoms with Crippen LogP contribution in [-0.2, 0) is 18.4 Å². The summed E-state index contributed by atoms with van der Waals surface area (Å²) in [5.74, 6) is 3.98. The number of benzene rings is 1. The van der Waals surface area contributed by atoms with Gasteiger partial charge in [0.1, 0.15) is 5.82 Å². The van der Waals surface area contributed by atoms with Gasteiger partial charge in [0.2, 0.25) is 5.91 Å². The SMILES string of the molecule is CN(Cc1nc2ccccc2n1C)C(=O)CC12CC3CC(CC(C3)C1)C2. The summed E-state index contributed by atoms with van der Waals surface area (Å²) in [4.78, 5) is 19.7. The van der Waals surface area contributed by atoms with Crippen molar-refractivity contribution in [2.45, 2.75) is 51.5 Å². The molecule has 138 valence electrons. The Morgan fingerprint density at radius 3 is 2.38 bits per heavy atom. The van der Waals surface area contributed by atoms with Gasteiger partial charge in [-0.25, -0.2) is 4.98 Å². The molecule has 4 saturated carbocycles. The van der Waals surface area contributed by atoms with Crippen molar-refractivity contribution in [3.8, 4) is 0 Å². The molecular weight excluding hydrogens is 322 g/mol. The lowest BCUT2D eigenvalue weighted by Crippen LogP contribution is -2.48. The number of aryl methyl sites for hydroxylation is 1. The second-order valence-electron chi connectivity index (χ2n) is 9.42. The maximum absolute atomic E-state index is 13.0. The monoisotopic (exact) mass is 351 g/mol. The first-order chi connectivity index (χ1) is 12.5. The molecule has 0 atom stereocenters. The lowest BCUT2D eigenvalue weighted by Gasteiger charge is -2.56. The van der Waals surface area contributed by atoms with Crippen molar-refractivity contribution in [2.24, 2.45) is 30.2 Å². The topological polar surface area (TPSA) is 38.1 Å². The molecule has 1 aromatic heterocycles. The second-order valence-corrected chi connectivity index (χ2v) is 9.42. The molecule has 4 aliphatic rings. The molecule has 0 spiro atoms. The smallest absolute Gasteiger partial charge is 0.223 e. The van der Waals surface area contributed by atoms with E-state index in [0.717, 1.165) is 41.0 Å². The van der Waals surface area contributed by atoms with Crippen molar-refractivity contribution in [3.63, 3.8) is 0 Å². The molecule has 4 heteroatoms. The molecule has 6 rings (SSSR count). The average Bonchev–Trinajstić information content (AvgIpc) is 2.89. The normalized spacial score (nSPS) is 32.3. The molecule has 0 radical (unpaired) electrons. The van der Waals surface area contributed by atoms with E-state index in [-0.39, 0.29) is 0 Å². The minimum atomic E-state index is 0.305. The summed E-state index contributed by atoms with van der Waals surface area (Å²) in [6.07, 6.45) is 8.94. The van der Waals surface area contributed by atoms with Crippen molar-refractivity contribution in [1.29, 1.82) is 0 Å². The molecule has 1 amide bonds. The van der Waals surface area contributed by atoms with Crippen LogP contribution in [0.2, 0.25) is 0 Å². The summed E-state index contributed by atoms with van der Waals surface area (Å²) < 4.78 is 2.11. The number of rotatable bonds is 4. The largest absolute Gasteiger partial charge is 0.338 e. The van der Waals surface area contributed by atoms with Crippen LogP contribution in [0.4, 0.5) is 0 Å². The summed E-state index contributed by atoms with van der Waals surface area (Å²) in [7, 11) is 3.99. The summed E-state index contributed by atoms with van der Waals surface area (Å²) in [5.41, 5.74) is 2.45. The van der Waals surface area contributed by atoms with Gasteiger partial charge in [0.15, 0.2) is 0 Å². The summed E-state index contributed by atoms with van der Waals surface area (Å²) in [6, 6.07) is 8.18. The van der Waals surface area contributed by atoms with Crippen LogP contribution < -0.4 is 0 Å². The third-order valence-corrected chi connectivity index (χ3v) is 7.38. The fourth-order valence-electron chi connectivity index (χ4n) is 6.60. The Kier molecular flexibility index (Phi) is 3.67. The van der Waals surface area contributed by atoms with Crippen LogP contribution in [0, 0.1) is 23.2 Å². The first-order valence-electron chi connectivity index (χ1n) is 10.2. The Morgan fingerprint density at radius 2 is 1.77 bits per heavy atom. The van der Waals surface area contributed by atoms with E-state index in [4.69, 9.17) is 4.98 Å². The molecule has 0 N–H and O–H groups in total. The Bertz CT molecular complexity index is 817. The van der Waals surface area contributed by atoms with E-state index >= 15 is 0 Å². The van der Waals surface area contributed by atoms with E-state index in [9.17, 15) is 4.79 Å². The zero-order chi connectivity index (χ0) is 17.9. The highest BCUT2D eigenvalue weighted by Gasteiger charge is 2.51. The predicted octanol–water partition coefficient (Wildman–Crippen LogP) is 4.14. The lowest BCUT2D eigenvalue weighted by atomic mass is 9.49. The van der Waals surface area contributed by atoms with Gasteiger partial charge in [-0.15, -0.1) is 0 Å². The van der Waals surface area contributed by atoms with Gasteiger partial charge >= 0.3 is 0 Å². The van der Waals surface area contributed by atoms with Crippen LogP contribution in [-0.4, -0.2) is 27.4 Å². The number of amides is 1. The maximum Gasteiger partial charge on any atom is 0.223 e. The van der Waals surface area contributed by atoms with Crippen molar-refractivity contribution < 1.29 is 4.79 Å². The van der Waals surface area contributed by atoms with Gasteiger partial charge in [-0.1, -0.05) is 12.1 Å². The molecule has 4 nitrogen and oxygen atoms in total. The Hall–Kier alpha value is -1.84. The van der Waals surface area contributed by atoms with E-state index in [1.165, 1.54) is 38.5 Å². The zero-order valence-electron chi connectivity index (χ0n) is 15.9. The van der Waals surface area contributed by atoms with Gasteiger partial charge in [-0.2, -0.15) is 0 Å². The van der Waals surface area contributed by atoms with Gasteiger partial charge in [0.05, 0.1) is 17.6 Å². The Labute approximate surface area is 155 Å². The summed E-state index contributed by atoms with van der Waals surface area (Å²) >= 11 is 0. The van der Waals surface area contributed by atoms with Crippen LogP contribution >= 0.6 is 0 Å². The second kappa shape index (κ2) is 5.83. The molecule has 4 aliphatic carbocycles. The van der Waals surface area contributed by atoms with E-state index in [2.05, 4.69) is 10.6 Å². The summed E-state index contributed by atoms with van der Waals surface area (Å²) in [6.45, 7) is 0.594. The predicted molar refractivity (Wildman–Crippen MR) is 102 cm³/mol. The number of hydrogen-bond donors (Lipinski definition) is 0. The highest BCUT2D eigenvalue weighted by molar-refractivity contribution is 5.78. The standard InChI is InChI=1S/C22H29N3O/c1-24(14-20-23-18-5-3-4-6-19(18)25(20)2)21(26)13-22-10-15-7-16(11-22)9-17(8-15)12-22/h3-6,15-17H,7-14H2,1-2H3. The highest BCUT2D eigenvalue weighted by atomic mass is 16.2. The molecule has 26 heavy (non-hydrogen) atoms. The Morgan fingerprint density at radius 1 is 1.15 bits per heavy atom. The first kappa shape index (κ1) is 16.3. The minimum Gasteiger partial charge on any atom is -0.338 e. The van der Waals surface area contributed by atoms with Gasteiger partial charge < -0.3 is 9.47 Å².